The Morgan fingerprint density at radius 2 is 2.11 bits per heavy atom. The molecule has 0 bridgehead atoms. The van der Waals surface area contributed by atoms with Crippen LogP contribution in [0.2, 0.25) is 8.67 Å². The van der Waals surface area contributed by atoms with Gasteiger partial charge in [0.2, 0.25) is 0 Å². The van der Waals surface area contributed by atoms with Crippen molar-refractivity contribution in [3.05, 3.63) is 25.1 Å². The van der Waals surface area contributed by atoms with E-state index in [4.69, 9.17) is 28.3 Å². The molecule has 0 aliphatic carbocycles. The SMILES string of the molecule is CC(C)(C(=O)O)c1nc(-c2cc(Cl)sc2Cl)cs1. The second kappa shape index (κ2) is 4.81. The third-order valence-electron chi connectivity index (χ3n) is 2.51. The van der Waals surface area contributed by atoms with E-state index in [2.05, 4.69) is 4.98 Å². The molecule has 0 saturated carbocycles. The number of thiophene rings is 1. The van der Waals surface area contributed by atoms with Crippen LogP contribution in [0.4, 0.5) is 0 Å². The van der Waals surface area contributed by atoms with Gasteiger partial charge >= 0.3 is 5.97 Å². The highest BCUT2D eigenvalue weighted by Gasteiger charge is 2.33. The van der Waals surface area contributed by atoms with Gasteiger partial charge in [-0.1, -0.05) is 23.2 Å². The summed E-state index contributed by atoms with van der Waals surface area (Å²) < 4.78 is 1.15. The Labute approximate surface area is 122 Å². The number of nitrogens with zero attached hydrogens (tertiary/aromatic N) is 1. The Bertz CT molecular complexity index is 604. The van der Waals surface area contributed by atoms with Gasteiger partial charge in [-0.2, -0.15) is 0 Å². The van der Waals surface area contributed by atoms with Crippen LogP contribution >= 0.6 is 45.9 Å². The van der Waals surface area contributed by atoms with Gasteiger partial charge in [-0.15, -0.1) is 22.7 Å². The van der Waals surface area contributed by atoms with Gasteiger partial charge < -0.3 is 5.11 Å². The van der Waals surface area contributed by atoms with E-state index in [1.807, 2.05) is 0 Å². The molecular formula is C11H9Cl2NO2S2. The summed E-state index contributed by atoms with van der Waals surface area (Å²) in [6.45, 7) is 3.25. The van der Waals surface area contributed by atoms with Crippen molar-refractivity contribution in [2.24, 2.45) is 0 Å². The summed E-state index contributed by atoms with van der Waals surface area (Å²) in [5.41, 5.74) is 0.405. The minimum absolute atomic E-state index is 0.545. The standard InChI is InChI=1S/C11H9Cl2NO2S2/c1-11(2,10(15)16)9-14-6(4-17-9)5-3-7(12)18-8(5)13/h3-4H,1-2H3,(H,15,16). The van der Waals surface area contributed by atoms with E-state index < -0.39 is 11.4 Å². The van der Waals surface area contributed by atoms with Gasteiger partial charge in [0.1, 0.15) is 14.8 Å². The lowest BCUT2D eigenvalue weighted by molar-refractivity contribution is -0.142. The normalized spacial score (nSPS) is 11.8. The van der Waals surface area contributed by atoms with Gasteiger partial charge in [0, 0.05) is 10.9 Å². The van der Waals surface area contributed by atoms with Crippen molar-refractivity contribution in [2.45, 2.75) is 19.3 Å². The van der Waals surface area contributed by atoms with Gasteiger partial charge in [0.15, 0.2) is 0 Å². The summed E-state index contributed by atoms with van der Waals surface area (Å²) in [6.07, 6.45) is 0. The predicted molar refractivity (Wildman–Crippen MR) is 76.1 cm³/mol. The van der Waals surface area contributed by atoms with Crippen LogP contribution in [0.5, 0.6) is 0 Å². The maximum Gasteiger partial charge on any atom is 0.316 e. The number of hydrogen-bond acceptors (Lipinski definition) is 4. The smallest absolute Gasteiger partial charge is 0.316 e. The molecule has 2 aromatic rings. The van der Waals surface area contributed by atoms with E-state index in [1.54, 1.807) is 25.3 Å². The van der Waals surface area contributed by atoms with Crippen molar-refractivity contribution in [3.63, 3.8) is 0 Å². The van der Waals surface area contributed by atoms with Crippen LogP contribution in [-0.4, -0.2) is 16.1 Å². The molecule has 0 saturated heterocycles. The Morgan fingerprint density at radius 3 is 2.61 bits per heavy atom. The van der Waals surface area contributed by atoms with Crippen molar-refractivity contribution >= 4 is 51.8 Å². The maximum absolute atomic E-state index is 11.2. The number of carboxylic acid groups (broad SMARTS) is 1. The first-order chi connectivity index (χ1) is 8.32. The van der Waals surface area contributed by atoms with Gasteiger partial charge in [-0.05, 0) is 19.9 Å². The van der Waals surface area contributed by atoms with Crippen LogP contribution in [0.3, 0.4) is 0 Å². The second-order valence-corrected chi connectivity index (χ2v) is 7.35. The van der Waals surface area contributed by atoms with Gasteiger partial charge in [-0.25, -0.2) is 4.98 Å². The summed E-state index contributed by atoms with van der Waals surface area (Å²) in [4.78, 5) is 15.5. The molecule has 7 heteroatoms. The highest BCUT2D eigenvalue weighted by Crippen LogP contribution is 2.39. The first-order valence-corrected chi connectivity index (χ1v) is 7.42. The van der Waals surface area contributed by atoms with Crippen molar-refractivity contribution in [3.8, 4) is 11.3 Å². The summed E-state index contributed by atoms with van der Waals surface area (Å²) in [5.74, 6) is -0.905. The number of carboxylic acids is 1. The molecule has 2 heterocycles. The Balaban J connectivity index is 2.43. The number of aliphatic carboxylic acids is 1. The second-order valence-electron chi connectivity index (χ2n) is 4.21. The zero-order valence-corrected chi connectivity index (χ0v) is 12.7. The average Bonchev–Trinajstić information content (AvgIpc) is 2.84. The van der Waals surface area contributed by atoms with Crippen LogP contribution in [0.25, 0.3) is 11.3 Å². The molecule has 0 fully saturated rings. The zero-order chi connectivity index (χ0) is 13.5. The minimum atomic E-state index is -1.00. The maximum atomic E-state index is 11.2. The Kier molecular flexibility index (Phi) is 3.69. The number of thiazole rings is 1. The summed E-state index contributed by atoms with van der Waals surface area (Å²) in [5, 5.41) is 11.5. The molecule has 2 aromatic heterocycles. The van der Waals surface area contributed by atoms with E-state index in [-0.39, 0.29) is 0 Å². The fourth-order valence-electron chi connectivity index (χ4n) is 1.29. The third kappa shape index (κ3) is 2.40. The Hall–Kier alpha value is -0.620. The van der Waals surface area contributed by atoms with E-state index in [9.17, 15) is 4.79 Å². The molecule has 0 unspecified atom stereocenters. The van der Waals surface area contributed by atoms with Crippen LogP contribution in [0.15, 0.2) is 11.4 Å². The first-order valence-electron chi connectivity index (χ1n) is 4.97. The summed E-state index contributed by atoms with van der Waals surface area (Å²) in [7, 11) is 0. The molecule has 96 valence electrons. The van der Waals surface area contributed by atoms with Crippen molar-refractivity contribution in [1.29, 1.82) is 0 Å². The quantitative estimate of drug-likeness (QED) is 0.902. The predicted octanol–water partition coefficient (Wildman–Crippen LogP) is 4.54. The number of hydrogen-bond donors (Lipinski definition) is 1. The number of halogens is 2. The fourth-order valence-corrected chi connectivity index (χ4v) is 3.71. The molecule has 1 N–H and O–H groups in total. The van der Waals surface area contributed by atoms with Crippen LogP contribution in [-0.2, 0) is 10.2 Å². The molecular weight excluding hydrogens is 313 g/mol. The lowest BCUT2D eigenvalue weighted by atomic mass is 9.95. The van der Waals surface area contributed by atoms with Crippen molar-refractivity contribution in [1.82, 2.24) is 4.98 Å². The average molecular weight is 322 g/mol. The van der Waals surface area contributed by atoms with E-state index in [0.29, 0.717) is 19.4 Å². The highest BCUT2D eigenvalue weighted by molar-refractivity contribution is 7.20. The first kappa shape index (κ1) is 13.8. The Morgan fingerprint density at radius 1 is 1.44 bits per heavy atom. The fraction of sp³-hybridized carbons (Fsp3) is 0.273. The zero-order valence-electron chi connectivity index (χ0n) is 9.53. The van der Waals surface area contributed by atoms with E-state index in [0.717, 1.165) is 5.56 Å². The molecule has 0 spiro atoms. The summed E-state index contributed by atoms with van der Waals surface area (Å²) in [6, 6.07) is 1.74. The number of rotatable bonds is 3. The molecule has 0 radical (unpaired) electrons. The molecule has 0 amide bonds. The molecule has 0 aliphatic rings. The molecule has 18 heavy (non-hydrogen) atoms. The van der Waals surface area contributed by atoms with Crippen molar-refractivity contribution in [2.75, 3.05) is 0 Å². The number of carbonyl (C=O) groups is 1. The van der Waals surface area contributed by atoms with Crippen LogP contribution in [0.1, 0.15) is 18.9 Å². The van der Waals surface area contributed by atoms with Gasteiger partial charge in [0.05, 0.1) is 10.0 Å². The van der Waals surface area contributed by atoms with Gasteiger partial charge in [0.25, 0.3) is 0 Å². The lowest BCUT2D eigenvalue weighted by Crippen LogP contribution is -2.28. The molecule has 0 atom stereocenters. The van der Waals surface area contributed by atoms with Crippen LogP contribution in [0, 0.1) is 0 Å². The third-order valence-corrected chi connectivity index (χ3v) is 5.16. The molecule has 0 aliphatic heterocycles. The lowest BCUT2D eigenvalue weighted by Gasteiger charge is -2.14. The molecule has 0 aromatic carbocycles. The highest BCUT2D eigenvalue weighted by atomic mass is 35.5. The van der Waals surface area contributed by atoms with Crippen molar-refractivity contribution < 1.29 is 9.90 Å². The minimum Gasteiger partial charge on any atom is -0.481 e. The van der Waals surface area contributed by atoms with E-state index >= 15 is 0 Å². The monoisotopic (exact) mass is 321 g/mol. The summed E-state index contributed by atoms with van der Waals surface area (Å²) >= 11 is 14.5. The van der Waals surface area contributed by atoms with E-state index in [1.165, 1.54) is 22.7 Å². The van der Waals surface area contributed by atoms with Gasteiger partial charge in [-0.3, -0.25) is 4.79 Å². The molecule has 3 nitrogen and oxygen atoms in total. The number of aromatic nitrogens is 1. The largest absolute Gasteiger partial charge is 0.481 e. The molecule has 2 rings (SSSR count). The van der Waals surface area contributed by atoms with Crippen LogP contribution < -0.4 is 0 Å². The topological polar surface area (TPSA) is 50.2 Å².